The van der Waals surface area contributed by atoms with Crippen LogP contribution in [0.1, 0.15) is 10.6 Å². The number of aromatic nitrogens is 1. The predicted octanol–water partition coefficient (Wildman–Crippen LogP) is 4.09. The Labute approximate surface area is 104 Å². The number of thiazole rings is 1. The minimum atomic E-state index is 0.674. The Kier molecular flexibility index (Phi) is 3.17. The molecule has 0 saturated carbocycles. The van der Waals surface area contributed by atoms with E-state index in [1.807, 2.05) is 25.1 Å². The molecule has 84 valence electrons. The van der Waals surface area contributed by atoms with Gasteiger partial charge in [0, 0.05) is 10.4 Å². The number of rotatable bonds is 2. The molecule has 0 unspecified atom stereocenters. The number of nitrogens with zero attached hydrogens (tertiary/aromatic N) is 1. The Morgan fingerprint density at radius 1 is 1.31 bits per heavy atom. The van der Waals surface area contributed by atoms with Crippen molar-refractivity contribution >= 4 is 22.9 Å². The summed E-state index contributed by atoms with van der Waals surface area (Å²) in [6, 6.07) is 5.65. The number of halogens is 1. The van der Waals surface area contributed by atoms with Crippen molar-refractivity contribution in [2.75, 3.05) is 7.11 Å². The molecular weight excluding hydrogens is 242 g/mol. The zero-order chi connectivity index (χ0) is 11.7. The van der Waals surface area contributed by atoms with Crippen LogP contribution in [0.3, 0.4) is 0 Å². The summed E-state index contributed by atoms with van der Waals surface area (Å²) in [7, 11) is 1.63. The fraction of sp³-hybridized carbons (Fsp3) is 0.250. The van der Waals surface area contributed by atoms with Gasteiger partial charge in [0.2, 0.25) is 0 Å². The van der Waals surface area contributed by atoms with E-state index in [4.69, 9.17) is 16.3 Å². The number of hydrogen-bond acceptors (Lipinski definition) is 3. The van der Waals surface area contributed by atoms with Gasteiger partial charge in [0.25, 0.3) is 0 Å². The summed E-state index contributed by atoms with van der Waals surface area (Å²) in [5.74, 6) is 0.763. The van der Waals surface area contributed by atoms with Gasteiger partial charge in [-0.3, -0.25) is 0 Å². The van der Waals surface area contributed by atoms with Crippen molar-refractivity contribution in [2.24, 2.45) is 0 Å². The Balaban J connectivity index is 2.48. The van der Waals surface area contributed by atoms with Crippen molar-refractivity contribution in [3.8, 4) is 16.3 Å². The van der Waals surface area contributed by atoms with Crippen molar-refractivity contribution < 1.29 is 4.74 Å². The molecule has 0 fully saturated rings. The van der Waals surface area contributed by atoms with Crippen molar-refractivity contribution in [1.82, 2.24) is 4.98 Å². The van der Waals surface area contributed by atoms with Crippen LogP contribution in [0.25, 0.3) is 10.6 Å². The highest BCUT2D eigenvalue weighted by Gasteiger charge is 2.10. The molecule has 0 spiro atoms. The van der Waals surface area contributed by atoms with Crippen molar-refractivity contribution in [2.45, 2.75) is 13.8 Å². The van der Waals surface area contributed by atoms with Gasteiger partial charge in [-0.1, -0.05) is 11.6 Å². The fourth-order valence-electron chi connectivity index (χ4n) is 1.38. The molecule has 0 aliphatic carbocycles. The Hall–Kier alpha value is -1.06. The first-order valence-corrected chi connectivity index (χ1v) is 6.09. The fourth-order valence-corrected chi connectivity index (χ4v) is 2.65. The van der Waals surface area contributed by atoms with Crippen LogP contribution in [0.4, 0.5) is 0 Å². The Morgan fingerprint density at radius 3 is 2.56 bits per heavy atom. The standard InChI is InChI=1S/C12H12ClNOS/c1-7-8(2)16-12(14-7)10-5-4-9(15-3)6-11(10)13/h4-6H,1-3H3. The molecule has 0 N–H and O–H groups in total. The van der Waals surface area contributed by atoms with E-state index >= 15 is 0 Å². The Bertz CT molecular complexity index is 502. The molecule has 2 aromatic rings. The van der Waals surface area contributed by atoms with Gasteiger partial charge in [0.05, 0.1) is 17.8 Å². The summed E-state index contributed by atoms with van der Waals surface area (Å²) in [6.45, 7) is 4.07. The summed E-state index contributed by atoms with van der Waals surface area (Å²) in [4.78, 5) is 5.71. The zero-order valence-electron chi connectivity index (χ0n) is 9.37. The molecule has 1 heterocycles. The van der Waals surface area contributed by atoms with E-state index in [0.717, 1.165) is 22.0 Å². The first kappa shape index (κ1) is 11.4. The summed E-state index contributed by atoms with van der Waals surface area (Å²) in [5, 5.41) is 1.63. The molecule has 0 aliphatic heterocycles. The number of methoxy groups -OCH3 is 1. The van der Waals surface area contributed by atoms with Gasteiger partial charge < -0.3 is 4.74 Å². The number of aryl methyl sites for hydroxylation is 2. The second-order valence-electron chi connectivity index (χ2n) is 3.51. The lowest BCUT2D eigenvalue weighted by molar-refractivity contribution is 0.415. The van der Waals surface area contributed by atoms with Crippen LogP contribution in [0.2, 0.25) is 5.02 Å². The average molecular weight is 254 g/mol. The molecule has 0 saturated heterocycles. The summed E-state index contributed by atoms with van der Waals surface area (Å²) >= 11 is 7.85. The molecule has 0 aliphatic rings. The topological polar surface area (TPSA) is 22.1 Å². The van der Waals surface area contributed by atoms with E-state index in [9.17, 15) is 0 Å². The highest BCUT2D eigenvalue weighted by atomic mass is 35.5. The SMILES string of the molecule is COc1ccc(-c2nc(C)c(C)s2)c(Cl)c1. The van der Waals surface area contributed by atoms with Crippen LogP contribution in [-0.2, 0) is 0 Å². The van der Waals surface area contributed by atoms with Crippen LogP contribution < -0.4 is 4.74 Å². The van der Waals surface area contributed by atoms with Crippen LogP contribution >= 0.6 is 22.9 Å². The second kappa shape index (κ2) is 4.44. The van der Waals surface area contributed by atoms with Gasteiger partial charge in [-0.15, -0.1) is 11.3 Å². The van der Waals surface area contributed by atoms with Crippen molar-refractivity contribution in [3.05, 3.63) is 33.8 Å². The third kappa shape index (κ3) is 2.06. The quantitative estimate of drug-likeness (QED) is 0.804. The van der Waals surface area contributed by atoms with Gasteiger partial charge in [0.1, 0.15) is 10.8 Å². The van der Waals surface area contributed by atoms with Crippen LogP contribution in [0, 0.1) is 13.8 Å². The van der Waals surface area contributed by atoms with Gasteiger partial charge in [-0.05, 0) is 32.0 Å². The van der Waals surface area contributed by atoms with E-state index in [1.54, 1.807) is 18.4 Å². The number of hydrogen-bond donors (Lipinski definition) is 0. The highest BCUT2D eigenvalue weighted by molar-refractivity contribution is 7.15. The summed E-state index contributed by atoms with van der Waals surface area (Å²) in [6.07, 6.45) is 0. The number of ether oxygens (including phenoxy) is 1. The monoisotopic (exact) mass is 253 g/mol. The van der Waals surface area contributed by atoms with E-state index in [0.29, 0.717) is 5.02 Å². The lowest BCUT2D eigenvalue weighted by atomic mass is 10.2. The molecule has 2 rings (SSSR count). The van der Waals surface area contributed by atoms with E-state index in [1.165, 1.54) is 4.88 Å². The molecule has 2 nitrogen and oxygen atoms in total. The molecular formula is C12H12ClNOS. The van der Waals surface area contributed by atoms with E-state index in [2.05, 4.69) is 11.9 Å². The molecule has 0 amide bonds. The molecule has 1 aromatic heterocycles. The first-order valence-electron chi connectivity index (χ1n) is 4.89. The minimum Gasteiger partial charge on any atom is -0.497 e. The van der Waals surface area contributed by atoms with Crippen LogP contribution in [-0.4, -0.2) is 12.1 Å². The normalized spacial score (nSPS) is 10.5. The maximum atomic E-state index is 6.19. The van der Waals surface area contributed by atoms with Gasteiger partial charge >= 0.3 is 0 Å². The summed E-state index contributed by atoms with van der Waals surface area (Å²) in [5.41, 5.74) is 2.02. The maximum Gasteiger partial charge on any atom is 0.125 e. The zero-order valence-corrected chi connectivity index (χ0v) is 10.9. The van der Waals surface area contributed by atoms with Crippen molar-refractivity contribution in [1.29, 1.82) is 0 Å². The molecule has 0 radical (unpaired) electrons. The Morgan fingerprint density at radius 2 is 2.06 bits per heavy atom. The second-order valence-corrected chi connectivity index (χ2v) is 5.12. The lowest BCUT2D eigenvalue weighted by Gasteiger charge is -2.03. The molecule has 0 atom stereocenters. The predicted molar refractivity (Wildman–Crippen MR) is 68.6 cm³/mol. The minimum absolute atomic E-state index is 0.674. The van der Waals surface area contributed by atoms with Gasteiger partial charge in [0.15, 0.2) is 0 Å². The smallest absolute Gasteiger partial charge is 0.125 e. The van der Waals surface area contributed by atoms with Crippen LogP contribution in [0.15, 0.2) is 18.2 Å². The van der Waals surface area contributed by atoms with Gasteiger partial charge in [-0.25, -0.2) is 4.98 Å². The maximum absolute atomic E-state index is 6.19. The molecule has 4 heteroatoms. The third-order valence-corrected chi connectivity index (χ3v) is 3.85. The highest BCUT2D eigenvalue weighted by Crippen LogP contribution is 2.34. The van der Waals surface area contributed by atoms with E-state index < -0.39 is 0 Å². The summed E-state index contributed by atoms with van der Waals surface area (Å²) < 4.78 is 5.11. The van der Waals surface area contributed by atoms with Gasteiger partial charge in [-0.2, -0.15) is 0 Å². The lowest BCUT2D eigenvalue weighted by Crippen LogP contribution is -1.84. The molecule has 1 aromatic carbocycles. The third-order valence-electron chi connectivity index (χ3n) is 2.44. The number of benzene rings is 1. The molecule has 16 heavy (non-hydrogen) atoms. The average Bonchev–Trinajstić information content (AvgIpc) is 2.58. The largest absolute Gasteiger partial charge is 0.497 e. The van der Waals surface area contributed by atoms with E-state index in [-0.39, 0.29) is 0 Å². The first-order chi connectivity index (χ1) is 7.61. The van der Waals surface area contributed by atoms with Crippen molar-refractivity contribution in [3.63, 3.8) is 0 Å². The molecule has 0 bridgehead atoms. The van der Waals surface area contributed by atoms with Crippen LogP contribution in [0.5, 0.6) is 5.75 Å².